The van der Waals surface area contributed by atoms with Crippen molar-refractivity contribution in [2.75, 3.05) is 0 Å². The van der Waals surface area contributed by atoms with Crippen molar-refractivity contribution < 1.29 is 0 Å². The zero-order chi connectivity index (χ0) is 20.4. The summed E-state index contributed by atoms with van der Waals surface area (Å²) in [6, 6.07) is 40.1. The summed E-state index contributed by atoms with van der Waals surface area (Å²) in [5.41, 5.74) is 2.55. The molecule has 0 spiro atoms. The van der Waals surface area contributed by atoms with E-state index in [4.69, 9.17) is 0 Å². The number of rotatable bonds is 1. The highest BCUT2D eigenvalue weighted by molar-refractivity contribution is 7.25. The Morgan fingerprint density at radius 3 is 1.81 bits per heavy atom. The first-order valence-electron chi connectivity index (χ1n) is 10.6. The second-order valence-electron chi connectivity index (χ2n) is 8.19. The molecule has 31 heavy (non-hydrogen) atoms. The molecule has 0 N–H and O–H groups in total. The fourth-order valence-corrected chi connectivity index (χ4v) is 6.06. The lowest BCUT2D eigenvalue weighted by Crippen LogP contribution is -1.83. The van der Waals surface area contributed by atoms with Crippen molar-refractivity contribution >= 4 is 63.8 Å². The molecule has 0 fully saturated rings. The van der Waals surface area contributed by atoms with E-state index in [-0.39, 0.29) is 0 Å². The summed E-state index contributed by atoms with van der Waals surface area (Å²) < 4.78 is 2.70. The average Bonchev–Trinajstić information content (AvgIpc) is 3.21. The largest absolute Gasteiger partial charge is 0.135 e. The fraction of sp³-hybridized carbons (Fsp3) is 0. The number of hydrogen-bond donors (Lipinski definition) is 0. The van der Waals surface area contributed by atoms with Crippen molar-refractivity contribution in [2.24, 2.45) is 0 Å². The van der Waals surface area contributed by atoms with Crippen molar-refractivity contribution in [2.45, 2.75) is 0 Å². The Bertz CT molecular complexity index is 1790. The van der Waals surface area contributed by atoms with Gasteiger partial charge in [0.05, 0.1) is 0 Å². The van der Waals surface area contributed by atoms with Crippen LogP contribution >= 0.6 is 11.3 Å². The molecule has 0 aliphatic carbocycles. The maximum atomic E-state index is 2.34. The van der Waals surface area contributed by atoms with E-state index in [0.717, 1.165) is 0 Å². The standard InChI is InChI=1S/C30H18S/c1-2-6-23-19(5-1)9-14-26-24-13-10-20(17-22(24)12-15-25(23)26)21-11-16-28-27-7-3-4-8-29(27)31-30(28)18-21/h1-18H. The highest BCUT2D eigenvalue weighted by atomic mass is 32.1. The quantitative estimate of drug-likeness (QED) is 0.237. The SMILES string of the molecule is c1ccc2c(c1)ccc1c3ccc(-c4ccc5c(c4)sc4ccccc45)cc3ccc21. The molecule has 0 nitrogen and oxygen atoms in total. The van der Waals surface area contributed by atoms with Crippen LogP contribution in [0.15, 0.2) is 109 Å². The van der Waals surface area contributed by atoms with Gasteiger partial charge >= 0.3 is 0 Å². The molecule has 0 aliphatic heterocycles. The summed E-state index contributed by atoms with van der Waals surface area (Å²) in [5, 5.41) is 10.6. The molecule has 7 aromatic rings. The van der Waals surface area contributed by atoms with Gasteiger partial charge in [0.1, 0.15) is 0 Å². The smallest absolute Gasteiger partial charge is 0.0361 e. The molecule has 1 heteroatoms. The van der Waals surface area contributed by atoms with Crippen LogP contribution in [0.25, 0.3) is 63.6 Å². The Balaban J connectivity index is 1.42. The minimum Gasteiger partial charge on any atom is -0.135 e. The Morgan fingerprint density at radius 1 is 0.355 bits per heavy atom. The minimum absolute atomic E-state index is 1.27. The normalized spacial score (nSPS) is 11.9. The highest BCUT2D eigenvalue weighted by Crippen LogP contribution is 2.38. The Hall–Kier alpha value is -3.68. The van der Waals surface area contributed by atoms with Crippen LogP contribution in [-0.2, 0) is 0 Å². The van der Waals surface area contributed by atoms with E-state index >= 15 is 0 Å². The number of hydrogen-bond acceptors (Lipinski definition) is 1. The van der Waals surface area contributed by atoms with E-state index in [9.17, 15) is 0 Å². The second-order valence-corrected chi connectivity index (χ2v) is 9.28. The van der Waals surface area contributed by atoms with Gasteiger partial charge in [0.25, 0.3) is 0 Å². The number of thiophene rings is 1. The summed E-state index contributed by atoms with van der Waals surface area (Å²) in [6.07, 6.45) is 0. The van der Waals surface area contributed by atoms with Gasteiger partial charge in [-0.05, 0) is 61.6 Å². The molecule has 0 unspecified atom stereocenters. The summed E-state index contributed by atoms with van der Waals surface area (Å²) in [4.78, 5) is 0. The summed E-state index contributed by atoms with van der Waals surface area (Å²) >= 11 is 1.88. The van der Waals surface area contributed by atoms with Crippen LogP contribution < -0.4 is 0 Å². The molecule has 0 aliphatic rings. The molecule has 0 atom stereocenters. The predicted octanol–water partition coefficient (Wildman–Crippen LogP) is 9.18. The molecule has 1 aromatic heterocycles. The number of fused-ring (bicyclic) bond motifs is 8. The van der Waals surface area contributed by atoms with Gasteiger partial charge in [-0.2, -0.15) is 0 Å². The lowest BCUT2D eigenvalue weighted by molar-refractivity contribution is 1.71. The molecule has 0 saturated heterocycles. The maximum absolute atomic E-state index is 2.34. The first kappa shape index (κ1) is 17.0. The van der Waals surface area contributed by atoms with E-state index in [1.54, 1.807) is 0 Å². The van der Waals surface area contributed by atoms with E-state index in [1.807, 2.05) is 11.3 Å². The Kier molecular flexibility index (Phi) is 3.52. The molecule has 1 heterocycles. The monoisotopic (exact) mass is 410 g/mol. The van der Waals surface area contributed by atoms with Crippen molar-refractivity contribution in [3.8, 4) is 11.1 Å². The number of benzene rings is 6. The van der Waals surface area contributed by atoms with Crippen molar-refractivity contribution in [3.63, 3.8) is 0 Å². The zero-order valence-electron chi connectivity index (χ0n) is 16.8. The van der Waals surface area contributed by atoms with E-state index in [1.165, 1.54) is 63.6 Å². The van der Waals surface area contributed by atoms with Gasteiger partial charge in [0.15, 0.2) is 0 Å². The predicted molar refractivity (Wildman–Crippen MR) is 137 cm³/mol. The van der Waals surface area contributed by atoms with Crippen LogP contribution in [0, 0.1) is 0 Å². The molecule has 0 amide bonds. The zero-order valence-corrected chi connectivity index (χ0v) is 17.6. The molecule has 0 radical (unpaired) electrons. The maximum Gasteiger partial charge on any atom is 0.0361 e. The third-order valence-corrected chi connectivity index (χ3v) is 7.59. The molecular weight excluding hydrogens is 392 g/mol. The van der Waals surface area contributed by atoms with Gasteiger partial charge in [0, 0.05) is 20.2 Å². The third-order valence-electron chi connectivity index (χ3n) is 6.45. The first-order chi connectivity index (χ1) is 15.3. The third kappa shape index (κ3) is 2.54. The van der Waals surface area contributed by atoms with Gasteiger partial charge in [-0.15, -0.1) is 11.3 Å². The van der Waals surface area contributed by atoms with Gasteiger partial charge < -0.3 is 0 Å². The van der Waals surface area contributed by atoms with E-state index < -0.39 is 0 Å². The van der Waals surface area contributed by atoms with Crippen molar-refractivity contribution in [1.29, 1.82) is 0 Å². The topological polar surface area (TPSA) is 0 Å². The van der Waals surface area contributed by atoms with Crippen LogP contribution in [0.3, 0.4) is 0 Å². The summed E-state index contributed by atoms with van der Waals surface area (Å²) in [6.45, 7) is 0. The van der Waals surface area contributed by atoms with Gasteiger partial charge in [0.2, 0.25) is 0 Å². The lowest BCUT2D eigenvalue weighted by atomic mass is 9.94. The first-order valence-corrected chi connectivity index (χ1v) is 11.4. The molecule has 7 rings (SSSR count). The van der Waals surface area contributed by atoms with Crippen LogP contribution in [0.2, 0.25) is 0 Å². The van der Waals surface area contributed by atoms with Crippen molar-refractivity contribution in [3.05, 3.63) is 109 Å². The minimum atomic E-state index is 1.27. The van der Waals surface area contributed by atoms with Gasteiger partial charge in [-0.3, -0.25) is 0 Å². The Morgan fingerprint density at radius 2 is 0.935 bits per heavy atom. The molecule has 144 valence electrons. The molecule has 6 aromatic carbocycles. The van der Waals surface area contributed by atoms with Crippen LogP contribution in [0.1, 0.15) is 0 Å². The molecule has 0 bridgehead atoms. The summed E-state index contributed by atoms with van der Waals surface area (Å²) in [7, 11) is 0. The van der Waals surface area contributed by atoms with Crippen LogP contribution in [-0.4, -0.2) is 0 Å². The van der Waals surface area contributed by atoms with Crippen LogP contribution in [0.5, 0.6) is 0 Å². The van der Waals surface area contributed by atoms with E-state index in [0.29, 0.717) is 0 Å². The fourth-order valence-electron chi connectivity index (χ4n) is 4.91. The van der Waals surface area contributed by atoms with Crippen LogP contribution in [0.4, 0.5) is 0 Å². The van der Waals surface area contributed by atoms with Crippen molar-refractivity contribution in [1.82, 2.24) is 0 Å². The highest BCUT2D eigenvalue weighted by Gasteiger charge is 2.09. The van der Waals surface area contributed by atoms with Gasteiger partial charge in [-0.1, -0.05) is 91.0 Å². The van der Waals surface area contributed by atoms with E-state index in [2.05, 4.69) is 109 Å². The second kappa shape index (κ2) is 6.41. The lowest BCUT2D eigenvalue weighted by Gasteiger charge is -2.09. The average molecular weight is 411 g/mol. The summed E-state index contributed by atoms with van der Waals surface area (Å²) in [5.74, 6) is 0. The Labute approximate surface area is 184 Å². The molecule has 0 saturated carbocycles. The molecular formula is C30H18S. The van der Waals surface area contributed by atoms with Gasteiger partial charge in [-0.25, -0.2) is 0 Å².